The predicted molar refractivity (Wildman–Crippen MR) is 108 cm³/mol. The van der Waals surface area contributed by atoms with Gasteiger partial charge in [-0.2, -0.15) is 0 Å². The molecule has 1 aromatic rings. The molecule has 0 amide bonds. The van der Waals surface area contributed by atoms with Crippen LogP contribution in [0.3, 0.4) is 0 Å². The molecule has 0 aromatic heterocycles. The fourth-order valence-corrected chi connectivity index (χ4v) is 2.53. The molecule has 0 fully saturated rings. The van der Waals surface area contributed by atoms with Crippen LogP contribution in [-0.2, 0) is 0 Å². The molecule has 7 heteroatoms. The lowest BCUT2D eigenvalue weighted by atomic mass is 10.0. The highest BCUT2D eigenvalue weighted by Crippen LogP contribution is 2.13. The lowest BCUT2D eigenvalue weighted by Crippen LogP contribution is -2.50. The monoisotopic (exact) mass is 370 g/mol. The van der Waals surface area contributed by atoms with E-state index in [4.69, 9.17) is 24.4 Å². The van der Waals surface area contributed by atoms with Crippen LogP contribution in [0.15, 0.2) is 18.2 Å². The first-order valence-electron chi connectivity index (χ1n) is 8.17. The van der Waals surface area contributed by atoms with Crippen molar-refractivity contribution in [3.8, 4) is 0 Å². The predicted octanol–water partition coefficient (Wildman–Crippen LogP) is 4.01. The van der Waals surface area contributed by atoms with Crippen LogP contribution in [0, 0.1) is 18.7 Å². The molecule has 0 aliphatic carbocycles. The number of rotatable bonds is 6. The summed E-state index contributed by atoms with van der Waals surface area (Å²) in [6, 6.07) is 5.15. The van der Waals surface area contributed by atoms with Crippen molar-refractivity contribution in [2.45, 2.75) is 53.0 Å². The Labute approximate surface area is 154 Å². The minimum atomic E-state index is -0.275. The molecule has 1 aromatic carbocycles. The molecule has 4 N–H and O–H groups in total. The Kier molecular flexibility index (Phi) is 8.92. The Balaban J connectivity index is 2.28. The topological polar surface area (TPSA) is 48.1 Å². The number of hydrazine groups is 1. The Bertz CT molecular complexity index is 564. The lowest BCUT2D eigenvalue weighted by Gasteiger charge is -2.18. The van der Waals surface area contributed by atoms with Gasteiger partial charge in [-0.15, -0.1) is 0 Å². The molecule has 0 radical (unpaired) electrons. The Morgan fingerprint density at radius 1 is 1.08 bits per heavy atom. The van der Waals surface area contributed by atoms with E-state index in [0.29, 0.717) is 27.5 Å². The second kappa shape index (κ2) is 10.4. The lowest BCUT2D eigenvalue weighted by molar-refractivity contribution is 0.492. The largest absolute Gasteiger partial charge is 0.359 e. The molecule has 0 saturated heterocycles. The van der Waals surface area contributed by atoms with E-state index < -0.39 is 0 Å². The average Bonchev–Trinajstić information content (AvgIpc) is 2.48. The molecular weight excluding hydrogens is 343 g/mol. The van der Waals surface area contributed by atoms with Crippen molar-refractivity contribution in [2.75, 3.05) is 5.32 Å². The van der Waals surface area contributed by atoms with Crippen molar-refractivity contribution >= 4 is 40.3 Å². The summed E-state index contributed by atoms with van der Waals surface area (Å²) in [4.78, 5) is 0. The van der Waals surface area contributed by atoms with Gasteiger partial charge in [-0.3, -0.25) is 10.9 Å². The smallest absolute Gasteiger partial charge is 0.189 e. The molecule has 0 aliphatic rings. The molecule has 0 bridgehead atoms. The van der Waals surface area contributed by atoms with Gasteiger partial charge >= 0.3 is 0 Å². The quantitative estimate of drug-likeness (QED) is 0.448. The van der Waals surface area contributed by atoms with E-state index in [9.17, 15) is 4.39 Å². The fraction of sp³-hybridized carbons (Fsp3) is 0.529. The fourth-order valence-electron chi connectivity index (χ4n) is 2.11. The van der Waals surface area contributed by atoms with Crippen molar-refractivity contribution < 1.29 is 4.39 Å². The van der Waals surface area contributed by atoms with Crippen molar-refractivity contribution in [3.63, 3.8) is 0 Å². The number of hydrogen-bond acceptors (Lipinski definition) is 2. The van der Waals surface area contributed by atoms with Gasteiger partial charge in [0, 0.05) is 11.7 Å². The minimum Gasteiger partial charge on any atom is -0.359 e. The average molecular weight is 371 g/mol. The van der Waals surface area contributed by atoms with Gasteiger partial charge in [0.2, 0.25) is 0 Å². The molecule has 1 atom stereocenters. The normalized spacial score (nSPS) is 11.8. The summed E-state index contributed by atoms with van der Waals surface area (Å²) in [5.41, 5.74) is 6.79. The van der Waals surface area contributed by atoms with E-state index >= 15 is 0 Å². The van der Waals surface area contributed by atoms with E-state index in [0.717, 1.165) is 12.3 Å². The zero-order chi connectivity index (χ0) is 18.1. The maximum atomic E-state index is 13.5. The van der Waals surface area contributed by atoms with Gasteiger partial charge in [-0.05, 0) is 68.3 Å². The molecule has 134 valence electrons. The molecule has 0 saturated carbocycles. The zero-order valence-electron chi connectivity index (χ0n) is 14.7. The van der Waals surface area contributed by atoms with Gasteiger partial charge in [0.1, 0.15) is 5.82 Å². The van der Waals surface area contributed by atoms with Gasteiger partial charge in [-0.1, -0.05) is 32.8 Å². The third-order valence-electron chi connectivity index (χ3n) is 3.52. The van der Waals surface area contributed by atoms with Gasteiger partial charge in [0.25, 0.3) is 0 Å². The second-order valence-corrected chi connectivity index (χ2v) is 7.18. The summed E-state index contributed by atoms with van der Waals surface area (Å²) in [5, 5.41) is 6.89. The van der Waals surface area contributed by atoms with Crippen LogP contribution in [0.1, 0.15) is 45.6 Å². The van der Waals surface area contributed by atoms with E-state index in [1.54, 1.807) is 19.1 Å². The van der Waals surface area contributed by atoms with Crippen molar-refractivity contribution in [2.24, 2.45) is 5.92 Å². The van der Waals surface area contributed by atoms with Crippen LogP contribution in [-0.4, -0.2) is 16.3 Å². The van der Waals surface area contributed by atoms with Gasteiger partial charge < -0.3 is 10.6 Å². The standard InChI is InChI=1S/C17H27FN4S2/c1-11(2)6-5-7-13(4)19-16(23)21-22-17(24)20-14-9-8-12(3)15(18)10-14/h8-11,13H,5-7H2,1-4H3,(H2,19,21,23)(H2,20,22,24)/t13-/m0/s1. The second-order valence-electron chi connectivity index (χ2n) is 6.37. The first-order valence-corrected chi connectivity index (χ1v) is 8.99. The first-order chi connectivity index (χ1) is 11.3. The summed E-state index contributed by atoms with van der Waals surface area (Å²) in [7, 11) is 0. The summed E-state index contributed by atoms with van der Waals surface area (Å²) in [6.07, 6.45) is 3.44. The van der Waals surface area contributed by atoms with E-state index in [2.05, 4.69) is 42.3 Å². The molecule has 1 rings (SSSR count). The Hall–Kier alpha value is -1.47. The van der Waals surface area contributed by atoms with E-state index in [1.165, 1.54) is 18.9 Å². The summed E-state index contributed by atoms with van der Waals surface area (Å²) in [6.45, 7) is 8.26. The first kappa shape index (κ1) is 20.6. The highest BCUT2D eigenvalue weighted by atomic mass is 32.1. The molecular formula is C17H27FN4S2. The third-order valence-corrected chi connectivity index (χ3v) is 3.94. The van der Waals surface area contributed by atoms with E-state index in [1.807, 2.05) is 0 Å². The maximum Gasteiger partial charge on any atom is 0.189 e. The molecule has 0 unspecified atom stereocenters. The highest BCUT2D eigenvalue weighted by molar-refractivity contribution is 7.80. The third kappa shape index (κ3) is 8.40. The van der Waals surface area contributed by atoms with Crippen LogP contribution >= 0.6 is 24.4 Å². The van der Waals surface area contributed by atoms with Crippen LogP contribution in [0.25, 0.3) is 0 Å². The van der Waals surface area contributed by atoms with Crippen LogP contribution < -0.4 is 21.5 Å². The number of hydrogen-bond donors (Lipinski definition) is 4. The minimum absolute atomic E-state index is 0.275. The van der Waals surface area contributed by atoms with E-state index in [-0.39, 0.29) is 5.82 Å². The number of halogens is 1. The highest BCUT2D eigenvalue weighted by Gasteiger charge is 2.06. The van der Waals surface area contributed by atoms with Crippen LogP contribution in [0.5, 0.6) is 0 Å². The van der Waals surface area contributed by atoms with Crippen molar-refractivity contribution in [1.29, 1.82) is 0 Å². The number of thiocarbonyl (C=S) groups is 2. The Morgan fingerprint density at radius 2 is 1.75 bits per heavy atom. The van der Waals surface area contributed by atoms with Crippen LogP contribution in [0.4, 0.5) is 10.1 Å². The Morgan fingerprint density at radius 3 is 2.38 bits per heavy atom. The molecule has 0 spiro atoms. The molecule has 4 nitrogen and oxygen atoms in total. The van der Waals surface area contributed by atoms with Gasteiger partial charge in [0.15, 0.2) is 10.2 Å². The number of nitrogens with one attached hydrogen (secondary N) is 4. The zero-order valence-corrected chi connectivity index (χ0v) is 16.3. The maximum absolute atomic E-state index is 13.5. The van der Waals surface area contributed by atoms with Gasteiger partial charge in [-0.25, -0.2) is 4.39 Å². The van der Waals surface area contributed by atoms with Gasteiger partial charge in [0.05, 0.1) is 0 Å². The van der Waals surface area contributed by atoms with Crippen molar-refractivity contribution in [1.82, 2.24) is 16.2 Å². The summed E-state index contributed by atoms with van der Waals surface area (Å²) >= 11 is 10.4. The SMILES string of the molecule is Cc1ccc(NC(=S)NNC(=S)N[C@@H](C)CCCC(C)C)cc1F. The number of anilines is 1. The number of benzene rings is 1. The molecule has 0 aliphatic heterocycles. The number of aryl methyl sites for hydroxylation is 1. The summed E-state index contributed by atoms with van der Waals surface area (Å²) in [5.74, 6) is 0.446. The molecule has 0 heterocycles. The van der Waals surface area contributed by atoms with Crippen molar-refractivity contribution in [3.05, 3.63) is 29.6 Å². The molecule has 24 heavy (non-hydrogen) atoms. The summed E-state index contributed by atoms with van der Waals surface area (Å²) < 4.78 is 13.5. The van der Waals surface area contributed by atoms with Crippen LogP contribution in [0.2, 0.25) is 0 Å².